The molecule has 0 heterocycles. The van der Waals surface area contributed by atoms with Crippen molar-refractivity contribution in [3.8, 4) is 11.8 Å². The summed E-state index contributed by atoms with van der Waals surface area (Å²) in [5.41, 5.74) is 1.18. The van der Waals surface area contributed by atoms with Gasteiger partial charge < -0.3 is 15.2 Å². The summed E-state index contributed by atoms with van der Waals surface area (Å²) in [7, 11) is 1.68. The first-order valence-corrected chi connectivity index (χ1v) is 7.24. The third kappa shape index (κ3) is 4.21. The van der Waals surface area contributed by atoms with Crippen LogP contribution in [-0.2, 0) is 4.74 Å². The van der Waals surface area contributed by atoms with Gasteiger partial charge in [0.15, 0.2) is 0 Å². The topological polar surface area (TPSA) is 58.6 Å². The number of methoxy groups -OCH3 is 1. The van der Waals surface area contributed by atoms with Crippen molar-refractivity contribution in [2.75, 3.05) is 13.7 Å². The lowest BCUT2D eigenvalue weighted by molar-refractivity contribution is 0.0176. The fourth-order valence-electron chi connectivity index (χ4n) is 2.12. The Balaban J connectivity index is 1.96. The zero-order valence-electron chi connectivity index (χ0n) is 11.9. The van der Waals surface area contributed by atoms with Gasteiger partial charge in [0.2, 0.25) is 0 Å². The first-order valence-electron chi connectivity index (χ1n) is 6.87. The average molecular weight is 308 g/mol. The average Bonchev–Trinajstić information content (AvgIpc) is 2.44. The van der Waals surface area contributed by atoms with Crippen molar-refractivity contribution < 1.29 is 14.6 Å². The maximum absolute atomic E-state index is 12.1. The van der Waals surface area contributed by atoms with Crippen molar-refractivity contribution in [2.24, 2.45) is 0 Å². The molecule has 0 spiro atoms. The minimum Gasteiger partial charge on any atom is -0.395 e. The normalized spacial score (nSPS) is 20.1. The fraction of sp³-hybridized carbons (Fsp3) is 0.438. The molecule has 1 amide bonds. The molecule has 4 nitrogen and oxygen atoms in total. The maximum atomic E-state index is 12.1. The minimum absolute atomic E-state index is 0.0228. The van der Waals surface area contributed by atoms with Gasteiger partial charge in [-0.05, 0) is 31.0 Å². The van der Waals surface area contributed by atoms with Gasteiger partial charge in [-0.25, -0.2) is 0 Å². The van der Waals surface area contributed by atoms with Crippen LogP contribution in [0, 0.1) is 11.8 Å². The molecule has 2 rings (SSSR count). The predicted octanol–water partition coefficient (Wildman–Crippen LogP) is 1.98. The molecular weight excluding hydrogens is 290 g/mol. The molecule has 5 heteroatoms. The van der Waals surface area contributed by atoms with E-state index < -0.39 is 0 Å². The first kappa shape index (κ1) is 15.8. The number of nitrogens with one attached hydrogen (secondary N) is 1. The summed E-state index contributed by atoms with van der Waals surface area (Å²) in [6, 6.07) is 5.22. The molecule has 2 N–H and O–H groups in total. The molecule has 0 radical (unpaired) electrons. The van der Waals surface area contributed by atoms with Crippen LogP contribution in [-0.4, -0.2) is 36.9 Å². The lowest BCUT2D eigenvalue weighted by atomic mass is 9.89. The van der Waals surface area contributed by atoms with Crippen LogP contribution in [0.2, 0.25) is 5.02 Å². The zero-order valence-corrected chi connectivity index (χ0v) is 12.6. The highest BCUT2D eigenvalue weighted by Gasteiger charge is 2.30. The van der Waals surface area contributed by atoms with Gasteiger partial charge in [0, 0.05) is 30.7 Å². The number of hydrogen-bond donors (Lipinski definition) is 2. The Kier molecular flexibility index (Phi) is 5.63. The van der Waals surface area contributed by atoms with Crippen molar-refractivity contribution in [3.63, 3.8) is 0 Å². The third-order valence-electron chi connectivity index (χ3n) is 3.45. The van der Waals surface area contributed by atoms with Crippen molar-refractivity contribution in [1.29, 1.82) is 0 Å². The Morgan fingerprint density at radius 2 is 2.29 bits per heavy atom. The highest BCUT2D eigenvalue weighted by atomic mass is 35.5. The van der Waals surface area contributed by atoms with E-state index in [1.807, 2.05) is 0 Å². The van der Waals surface area contributed by atoms with Crippen LogP contribution >= 0.6 is 11.6 Å². The Hall–Kier alpha value is -1.54. The van der Waals surface area contributed by atoms with E-state index in [1.54, 1.807) is 25.3 Å². The van der Waals surface area contributed by atoms with Crippen LogP contribution < -0.4 is 5.32 Å². The summed E-state index contributed by atoms with van der Waals surface area (Å²) >= 11 is 6.12. The summed E-state index contributed by atoms with van der Waals surface area (Å²) in [6.07, 6.45) is 2.35. The summed E-state index contributed by atoms with van der Waals surface area (Å²) < 4.78 is 5.18. The van der Waals surface area contributed by atoms with Gasteiger partial charge >= 0.3 is 0 Å². The monoisotopic (exact) mass is 307 g/mol. The maximum Gasteiger partial charge on any atom is 0.251 e. The number of amides is 1. The van der Waals surface area contributed by atoms with E-state index in [2.05, 4.69) is 17.2 Å². The highest BCUT2D eigenvalue weighted by Crippen LogP contribution is 2.23. The standard InChI is InChI=1S/C16H18ClNO3/c1-21-14-9-13(10-14)18-16(20)12-6-5-11(15(17)8-12)4-2-3-7-19/h5-6,8,13-14,19H,3,7,9-10H2,1H3,(H,18,20). The van der Waals surface area contributed by atoms with E-state index in [-0.39, 0.29) is 24.7 Å². The van der Waals surface area contributed by atoms with E-state index in [0.29, 0.717) is 22.6 Å². The fourth-order valence-corrected chi connectivity index (χ4v) is 2.34. The second kappa shape index (κ2) is 7.46. The molecule has 0 atom stereocenters. The SMILES string of the molecule is COC1CC(NC(=O)c2ccc(C#CCCO)c(Cl)c2)C1. The van der Waals surface area contributed by atoms with Gasteiger partial charge in [-0.2, -0.15) is 0 Å². The number of carbonyl (C=O) groups excluding carboxylic acids is 1. The van der Waals surface area contributed by atoms with Gasteiger partial charge in [-0.3, -0.25) is 4.79 Å². The number of rotatable bonds is 4. The van der Waals surface area contributed by atoms with Crippen LogP contribution in [0.25, 0.3) is 0 Å². The molecule has 21 heavy (non-hydrogen) atoms. The molecule has 0 saturated heterocycles. The quantitative estimate of drug-likeness (QED) is 0.836. The third-order valence-corrected chi connectivity index (χ3v) is 3.77. The number of benzene rings is 1. The van der Waals surface area contributed by atoms with E-state index in [4.69, 9.17) is 21.4 Å². The second-order valence-electron chi connectivity index (χ2n) is 4.97. The van der Waals surface area contributed by atoms with Crippen LogP contribution in [0.3, 0.4) is 0 Å². The molecule has 0 unspecified atom stereocenters. The Morgan fingerprint density at radius 1 is 1.52 bits per heavy atom. The summed E-state index contributed by atoms with van der Waals surface area (Å²) in [6.45, 7) is 0.0228. The van der Waals surface area contributed by atoms with Gasteiger partial charge in [-0.1, -0.05) is 23.4 Å². The van der Waals surface area contributed by atoms with E-state index in [0.717, 1.165) is 12.8 Å². The van der Waals surface area contributed by atoms with Crippen LogP contribution in [0.1, 0.15) is 35.2 Å². The van der Waals surface area contributed by atoms with Crippen molar-refractivity contribution >= 4 is 17.5 Å². The van der Waals surface area contributed by atoms with Crippen molar-refractivity contribution in [3.05, 3.63) is 34.3 Å². The Bertz CT molecular complexity index is 571. The molecule has 1 fully saturated rings. The van der Waals surface area contributed by atoms with Gasteiger partial charge in [0.1, 0.15) is 0 Å². The van der Waals surface area contributed by atoms with Gasteiger partial charge in [0.25, 0.3) is 5.91 Å². The number of hydrogen-bond acceptors (Lipinski definition) is 3. The van der Waals surface area contributed by atoms with E-state index >= 15 is 0 Å². The molecular formula is C16H18ClNO3. The van der Waals surface area contributed by atoms with Crippen LogP contribution in [0.5, 0.6) is 0 Å². The Morgan fingerprint density at radius 3 is 2.90 bits per heavy atom. The first-order chi connectivity index (χ1) is 10.1. The largest absolute Gasteiger partial charge is 0.395 e. The number of halogens is 1. The molecule has 1 aromatic carbocycles. The van der Waals surface area contributed by atoms with Crippen molar-refractivity contribution in [1.82, 2.24) is 5.32 Å². The Labute approximate surface area is 129 Å². The van der Waals surface area contributed by atoms with Gasteiger partial charge in [0.05, 0.1) is 17.7 Å². The lowest BCUT2D eigenvalue weighted by Crippen LogP contribution is -2.47. The molecule has 1 aliphatic rings. The molecule has 0 bridgehead atoms. The molecule has 112 valence electrons. The second-order valence-corrected chi connectivity index (χ2v) is 5.38. The van der Waals surface area contributed by atoms with Gasteiger partial charge in [-0.15, -0.1) is 0 Å². The predicted molar refractivity (Wildman–Crippen MR) is 81.3 cm³/mol. The summed E-state index contributed by atoms with van der Waals surface area (Å²) in [4.78, 5) is 12.1. The number of aliphatic hydroxyl groups excluding tert-OH is 1. The molecule has 1 aromatic rings. The molecule has 0 aliphatic heterocycles. The lowest BCUT2D eigenvalue weighted by Gasteiger charge is -2.34. The number of ether oxygens (including phenoxy) is 1. The van der Waals surface area contributed by atoms with E-state index in [9.17, 15) is 4.79 Å². The zero-order chi connectivity index (χ0) is 15.2. The van der Waals surface area contributed by atoms with E-state index in [1.165, 1.54) is 0 Å². The molecule has 1 saturated carbocycles. The minimum atomic E-state index is -0.133. The number of aliphatic hydroxyl groups is 1. The number of carbonyl (C=O) groups is 1. The van der Waals surface area contributed by atoms with Crippen LogP contribution in [0.15, 0.2) is 18.2 Å². The molecule has 1 aliphatic carbocycles. The summed E-state index contributed by atoms with van der Waals surface area (Å²) in [5.74, 6) is 5.54. The van der Waals surface area contributed by atoms with Crippen LogP contribution in [0.4, 0.5) is 0 Å². The summed E-state index contributed by atoms with van der Waals surface area (Å²) in [5, 5.41) is 12.1. The van der Waals surface area contributed by atoms with Crippen molar-refractivity contribution in [2.45, 2.75) is 31.4 Å². The smallest absolute Gasteiger partial charge is 0.251 e. The molecule has 0 aromatic heterocycles. The highest BCUT2D eigenvalue weighted by molar-refractivity contribution is 6.32.